The molecule has 0 aliphatic rings. The van der Waals surface area contributed by atoms with Gasteiger partial charge in [0.15, 0.2) is 0 Å². The van der Waals surface area contributed by atoms with Gasteiger partial charge in [0.25, 0.3) is 0 Å². The molecular formula is C12H18ClN3O3S. The summed E-state index contributed by atoms with van der Waals surface area (Å²) in [6.07, 6.45) is 0. The zero-order valence-electron chi connectivity index (χ0n) is 11.6. The minimum atomic E-state index is -3.81. The number of rotatable bonds is 5. The van der Waals surface area contributed by atoms with Crippen LogP contribution in [0.2, 0.25) is 5.02 Å². The molecule has 20 heavy (non-hydrogen) atoms. The third-order valence-electron chi connectivity index (χ3n) is 2.70. The zero-order chi connectivity index (χ0) is 15.5. The molecule has 1 atom stereocenters. The number of carbonyl (C=O) groups excluding carboxylic acids is 1. The number of likely N-dealkylation sites (N-methyl/N-ethyl adjacent to an activating group) is 1. The second kappa shape index (κ2) is 6.53. The van der Waals surface area contributed by atoms with E-state index in [4.69, 9.17) is 17.3 Å². The molecule has 0 aliphatic carbocycles. The average Bonchev–Trinajstić information content (AvgIpc) is 2.36. The minimum Gasteiger partial charge on any atom is -0.347 e. The highest BCUT2D eigenvalue weighted by Crippen LogP contribution is 2.20. The van der Waals surface area contributed by atoms with Crippen molar-refractivity contribution in [1.82, 2.24) is 9.62 Å². The molecule has 112 valence electrons. The van der Waals surface area contributed by atoms with Crippen LogP contribution in [0.4, 0.5) is 0 Å². The first-order valence-corrected chi connectivity index (χ1v) is 7.77. The van der Waals surface area contributed by atoms with Gasteiger partial charge in [0.05, 0.1) is 10.9 Å². The van der Waals surface area contributed by atoms with Crippen molar-refractivity contribution in [2.75, 3.05) is 14.1 Å². The molecule has 0 heterocycles. The summed E-state index contributed by atoms with van der Waals surface area (Å²) < 4.78 is 26.6. The first-order chi connectivity index (χ1) is 9.19. The number of nitrogens with one attached hydrogen (secondary N) is 1. The van der Waals surface area contributed by atoms with Gasteiger partial charge in [-0.3, -0.25) is 4.79 Å². The van der Waals surface area contributed by atoms with Gasteiger partial charge < -0.3 is 10.6 Å². The lowest BCUT2D eigenvalue weighted by Crippen LogP contribution is -2.44. The van der Waals surface area contributed by atoms with Crippen LogP contribution in [0.3, 0.4) is 0 Å². The molecule has 0 saturated carbocycles. The molecule has 0 bridgehead atoms. The number of nitrogens with zero attached hydrogens (tertiary/aromatic N) is 1. The molecule has 1 amide bonds. The Bertz CT molecular complexity index is 602. The highest BCUT2D eigenvalue weighted by atomic mass is 35.5. The van der Waals surface area contributed by atoms with Crippen molar-refractivity contribution in [3.63, 3.8) is 0 Å². The van der Waals surface area contributed by atoms with Gasteiger partial charge >= 0.3 is 0 Å². The van der Waals surface area contributed by atoms with E-state index >= 15 is 0 Å². The predicted octanol–water partition coefficient (Wildman–Crippen LogP) is 0.554. The van der Waals surface area contributed by atoms with E-state index in [1.165, 1.54) is 24.0 Å². The van der Waals surface area contributed by atoms with Crippen molar-refractivity contribution in [2.24, 2.45) is 5.73 Å². The molecule has 8 heteroatoms. The maximum absolute atomic E-state index is 12.1. The molecule has 3 N–H and O–H groups in total. The van der Waals surface area contributed by atoms with Crippen LogP contribution in [0.15, 0.2) is 23.1 Å². The van der Waals surface area contributed by atoms with E-state index in [-0.39, 0.29) is 22.4 Å². The number of benzene rings is 1. The molecule has 1 rings (SSSR count). The van der Waals surface area contributed by atoms with Crippen molar-refractivity contribution in [3.8, 4) is 0 Å². The topological polar surface area (TPSA) is 92.5 Å². The van der Waals surface area contributed by atoms with Gasteiger partial charge in [-0.15, -0.1) is 0 Å². The standard InChI is InChI=1S/C12H18ClN3O3S/c1-8(12(17)16(2)3)15-20(18,19)10-5-4-9(7-14)11(13)6-10/h4-6,8,15H,7,14H2,1-3H3. The molecule has 0 aromatic heterocycles. The highest BCUT2D eigenvalue weighted by molar-refractivity contribution is 7.89. The number of sulfonamides is 1. The number of hydrogen-bond donors (Lipinski definition) is 2. The number of halogens is 1. The summed E-state index contributed by atoms with van der Waals surface area (Å²) in [5, 5.41) is 0.280. The zero-order valence-corrected chi connectivity index (χ0v) is 13.1. The summed E-state index contributed by atoms with van der Waals surface area (Å²) in [5.41, 5.74) is 6.12. The van der Waals surface area contributed by atoms with Gasteiger partial charge in [0.2, 0.25) is 15.9 Å². The van der Waals surface area contributed by atoms with Crippen molar-refractivity contribution in [2.45, 2.75) is 24.4 Å². The summed E-state index contributed by atoms with van der Waals surface area (Å²) in [6.45, 7) is 1.71. The van der Waals surface area contributed by atoms with Gasteiger partial charge in [0.1, 0.15) is 0 Å². The van der Waals surface area contributed by atoms with Crippen LogP contribution in [-0.2, 0) is 21.4 Å². The van der Waals surface area contributed by atoms with E-state index in [2.05, 4.69) is 4.72 Å². The van der Waals surface area contributed by atoms with Gasteiger partial charge in [-0.2, -0.15) is 4.72 Å². The summed E-state index contributed by atoms with van der Waals surface area (Å²) in [4.78, 5) is 13.0. The van der Waals surface area contributed by atoms with E-state index < -0.39 is 16.1 Å². The van der Waals surface area contributed by atoms with Gasteiger partial charge in [-0.05, 0) is 24.6 Å². The van der Waals surface area contributed by atoms with Crippen molar-refractivity contribution in [3.05, 3.63) is 28.8 Å². The second-order valence-corrected chi connectivity index (χ2v) is 6.65. The molecule has 0 aliphatic heterocycles. The third-order valence-corrected chi connectivity index (χ3v) is 4.59. The van der Waals surface area contributed by atoms with E-state index in [9.17, 15) is 13.2 Å². The lowest BCUT2D eigenvalue weighted by molar-refractivity contribution is -0.130. The fourth-order valence-corrected chi connectivity index (χ4v) is 3.14. The SMILES string of the molecule is CC(NS(=O)(=O)c1ccc(CN)c(Cl)c1)C(=O)N(C)C. The van der Waals surface area contributed by atoms with Gasteiger partial charge in [0, 0.05) is 25.7 Å². The van der Waals surface area contributed by atoms with E-state index in [0.29, 0.717) is 5.56 Å². The molecule has 1 aromatic carbocycles. The van der Waals surface area contributed by atoms with Crippen LogP contribution < -0.4 is 10.5 Å². The van der Waals surface area contributed by atoms with Crippen LogP contribution >= 0.6 is 11.6 Å². The normalized spacial score (nSPS) is 13.1. The Hall–Kier alpha value is -1.15. The lowest BCUT2D eigenvalue weighted by atomic mass is 10.2. The van der Waals surface area contributed by atoms with E-state index in [1.54, 1.807) is 20.2 Å². The fraction of sp³-hybridized carbons (Fsp3) is 0.417. The molecule has 0 saturated heterocycles. The second-order valence-electron chi connectivity index (χ2n) is 4.53. The van der Waals surface area contributed by atoms with Gasteiger partial charge in [-0.25, -0.2) is 8.42 Å². The first kappa shape index (κ1) is 16.9. The Morgan fingerprint density at radius 2 is 2.05 bits per heavy atom. The minimum absolute atomic E-state index is 0.00175. The third kappa shape index (κ3) is 3.92. The van der Waals surface area contributed by atoms with Crippen molar-refractivity contribution < 1.29 is 13.2 Å². The monoisotopic (exact) mass is 319 g/mol. The Kier molecular flexibility index (Phi) is 5.52. The van der Waals surface area contributed by atoms with Crippen LogP contribution in [-0.4, -0.2) is 39.4 Å². The predicted molar refractivity (Wildman–Crippen MR) is 77.8 cm³/mol. The van der Waals surface area contributed by atoms with Gasteiger partial charge in [-0.1, -0.05) is 17.7 Å². The van der Waals surface area contributed by atoms with E-state index in [0.717, 1.165) is 0 Å². The molecule has 0 spiro atoms. The molecule has 1 unspecified atom stereocenters. The fourth-order valence-electron chi connectivity index (χ4n) is 1.60. The van der Waals surface area contributed by atoms with E-state index in [1.807, 2.05) is 0 Å². The Morgan fingerprint density at radius 1 is 1.45 bits per heavy atom. The Balaban J connectivity index is 3.00. The van der Waals surface area contributed by atoms with Crippen molar-refractivity contribution >= 4 is 27.5 Å². The molecule has 0 radical (unpaired) electrons. The number of carbonyl (C=O) groups is 1. The Labute approximate surface area is 123 Å². The summed E-state index contributed by atoms with van der Waals surface area (Å²) in [7, 11) is -0.697. The maximum atomic E-state index is 12.1. The Morgan fingerprint density at radius 3 is 2.50 bits per heavy atom. The summed E-state index contributed by atoms with van der Waals surface area (Å²) in [5.74, 6) is -0.335. The highest BCUT2D eigenvalue weighted by Gasteiger charge is 2.23. The van der Waals surface area contributed by atoms with Crippen LogP contribution in [0.5, 0.6) is 0 Å². The van der Waals surface area contributed by atoms with Crippen LogP contribution in [0.25, 0.3) is 0 Å². The smallest absolute Gasteiger partial charge is 0.241 e. The molecule has 1 aromatic rings. The number of amides is 1. The maximum Gasteiger partial charge on any atom is 0.241 e. The molecular weight excluding hydrogens is 302 g/mol. The largest absolute Gasteiger partial charge is 0.347 e. The lowest BCUT2D eigenvalue weighted by Gasteiger charge is -2.18. The quantitative estimate of drug-likeness (QED) is 0.829. The molecule has 6 nitrogen and oxygen atoms in total. The average molecular weight is 320 g/mol. The van der Waals surface area contributed by atoms with Crippen LogP contribution in [0, 0.1) is 0 Å². The van der Waals surface area contributed by atoms with Crippen molar-refractivity contribution in [1.29, 1.82) is 0 Å². The molecule has 0 fully saturated rings. The number of nitrogens with two attached hydrogens (primary N) is 1. The summed E-state index contributed by atoms with van der Waals surface area (Å²) >= 11 is 5.94. The van der Waals surface area contributed by atoms with Crippen LogP contribution in [0.1, 0.15) is 12.5 Å². The first-order valence-electron chi connectivity index (χ1n) is 5.91. The number of hydrogen-bond acceptors (Lipinski definition) is 4. The summed E-state index contributed by atoms with van der Waals surface area (Å²) in [6, 6.07) is 3.42.